The molecule has 0 radical (unpaired) electrons. The zero-order valence-corrected chi connectivity index (χ0v) is 12.4. The van der Waals surface area contributed by atoms with Gasteiger partial charge in [-0.15, -0.1) is 0 Å². The molecule has 0 amide bonds. The first-order chi connectivity index (χ1) is 8.93. The van der Waals surface area contributed by atoms with E-state index in [0.29, 0.717) is 12.2 Å². The van der Waals surface area contributed by atoms with Gasteiger partial charge in [0.2, 0.25) is 10.0 Å². The average Bonchev–Trinajstić information content (AvgIpc) is 2.53. The minimum atomic E-state index is -3.47. The summed E-state index contributed by atoms with van der Waals surface area (Å²) in [7, 11) is -3.47. The number of hydrogen-bond acceptors (Lipinski definition) is 3. The molecular weight excluding hydrogens is 260 g/mol. The van der Waals surface area contributed by atoms with E-state index < -0.39 is 10.0 Å². The number of hydrogen-bond donors (Lipinski definition) is 1. The van der Waals surface area contributed by atoms with Crippen LogP contribution in [0.25, 0.3) is 0 Å². The second-order valence-corrected chi connectivity index (χ2v) is 7.21. The SMILES string of the molecule is Cc1ccc(S(=O)(=O)N2CCCCCC2C)c(N)c1. The van der Waals surface area contributed by atoms with E-state index in [1.165, 1.54) is 0 Å². The van der Waals surface area contributed by atoms with Gasteiger partial charge < -0.3 is 5.73 Å². The maximum absolute atomic E-state index is 12.7. The lowest BCUT2D eigenvalue weighted by atomic mass is 10.1. The van der Waals surface area contributed by atoms with E-state index in [-0.39, 0.29) is 10.9 Å². The van der Waals surface area contributed by atoms with E-state index >= 15 is 0 Å². The Morgan fingerprint density at radius 2 is 2.00 bits per heavy atom. The van der Waals surface area contributed by atoms with Gasteiger partial charge in [0.25, 0.3) is 0 Å². The second kappa shape index (κ2) is 5.51. The molecule has 106 valence electrons. The molecule has 2 N–H and O–H groups in total. The summed E-state index contributed by atoms with van der Waals surface area (Å²) in [5.74, 6) is 0. The number of nitrogens with zero attached hydrogens (tertiary/aromatic N) is 1. The van der Waals surface area contributed by atoms with Crippen molar-refractivity contribution in [3.63, 3.8) is 0 Å². The first-order valence-corrected chi connectivity index (χ1v) is 8.25. The molecule has 1 fully saturated rings. The molecule has 0 aliphatic carbocycles. The topological polar surface area (TPSA) is 63.4 Å². The molecule has 1 aliphatic rings. The first-order valence-electron chi connectivity index (χ1n) is 6.81. The summed E-state index contributed by atoms with van der Waals surface area (Å²) in [5, 5.41) is 0. The predicted molar refractivity (Wildman–Crippen MR) is 77.4 cm³/mol. The van der Waals surface area contributed by atoms with Crippen molar-refractivity contribution in [2.24, 2.45) is 0 Å². The third kappa shape index (κ3) is 2.92. The van der Waals surface area contributed by atoms with E-state index in [2.05, 4.69) is 0 Å². The molecule has 1 heterocycles. The number of anilines is 1. The van der Waals surface area contributed by atoms with E-state index in [4.69, 9.17) is 5.73 Å². The fourth-order valence-corrected chi connectivity index (χ4v) is 4.43. The van der Waals surface area contributed by atoms with Gasteiger partial charge in [-0.05, 0) is 44.4 Å². The smallest absolute Gasteiger partial charge is 0.245 e. The highest BCUT2D eigenvalue weighted by Gasteiger charge is 2.31. The van der Waals surface area contributed by atoms with Gasteiger partial charge in [0, 0.05) is 12.6 Å². The molecule has 0 bridgehead atoms. The Morgan fingerprint density at radius 3 is 2.68 bits per heavy atom. The van der Waals surface area contributed by atoms with Gasteiger partial charge in [0.05, 0.1) is 5.69 Å². The van der Waals surface area contributed by atoms with Crippen LogP contribution in [0.5, 0.6) is 0 Å². The number of sulfonamides is 1. The van der Waals surface area contributed by atoms with Crippen molar-refractivity contribution in [1.29, 1.82) is 0 Å². The fourth-order valence-electron chi connectivity index (χ4n) is 2.63. The molecule has 4 nitrogen and oxygen atoms in total. The maximum Gasteiger partial charge on any atom is 0.245 e. The van der Waals surface area contributed by atoms with Crippen LogP contribution in [0, 0.1) is 6.92 Å². The number of nitrogens with two attached hydrogens (primary N) is 1. The lowest BCUT2D eigenvalue weighted by molar-refractivity contribution is 0.342. The average molecular weight is 282 g/mol. The Kier molecular flexibility index (Phi) is 4.16. The lowest BCUT2D eigenvalue weighted by Crippen LogP contribution is -2.38. The molecule has 0 spiro atoms. The number of aryl methyl sites for hydroxylation is 1. The molecule has 5 heteroatoms. The molecule has 1 saturated heterocycles. The number of benzene rings is 1. The molecule has 1 aromatic carbocycles. The van der Waals surface area contributed by atoms with E-state index in [9.17, 15) is 8.42 Å². The van der Waals surface area contributed by atoms with Gasteiger partial charge in [0.1, 0.15) is 4.90 Å². The summed E-state index contributed by atoms with van der Waals surface area (Å²) in [6, 6.07) is 5.19. The third-order valence-corrected chi connectivity index (χ3v) is 5.83. The van der Waals surface area contributed by atoms with Gasteiger partial charge >= 0.3 is 0 Å². The minimum absolute atomic E-state index is 0.0493. The standard InChI is InChI=1S/C14H22N2O2S/c1-11-7-8-14(13(15)10-11)19(17,18)16-9-5-3-4-6-12(16)2/h7-8,10,12H,3-6,9,15H2,1-2H3. The highest BCUT2D eigenvalue weighted by Crippen LogP contribution is 2.28. The van der Waals surface area contributed by atoms with Gasteiger partial charge in [-0.25, -0.2) is 8.42 Å². The second-order valence-electron chi connectivity index (χ2n) is 5.36. The van der Waals surface area contributed by atoms with Crippen molar-refractivity contribution < 1.29 is 8.42 Å². The van der Waals surface area contributed by atoms with Crippen molar-refractivity contribution in [2.45, 2.75) is 50.5 Å². The van der Waals surface area contributed by atoms with Crippen LogP contribution in [0.15, 0.2) is 23.1 Å². The number of nitrogen functional groups attached to an aromatic ring is 1. The van der Waals surface area contributed by atoms with Crippen molar-refractivity contribution in [2.75, 3.05) is 12.3 Å². The number of rotatable bonds is 2. The van der Waals surface area contributed by atoms with Crippen LogP contribution in [0.2, 0.25) is 0 Å². The predicted octanol–water partition coefficient (Wildman–Crippen LogP) is 2.53. The molecule has 2 rings (SSSR count). The Morgan fingerprint density at radius 1 is 1.26 bits per heavy atom. The fraction of sp³-hybridized carbons (Fsp3) is 0.571. The normalized spacial score (nSPS) is 22.1. The van der Waals surface area contributed by atoms with Crippen LogP contribution in [0.3, 0.4) is 0 Å². The largest absolute Gasteiger partial charge is 0.398 e. The van der Waals surface area contributed by atoms with Crippen LogP contribution in [0.1, 0.15) is 38.2 Å². The Hall–Kier alpha value is -1.07. The van der Waals surface area contributed by atoms with E-state index in [1.807, 2.05) is 13.8 Å². The van der Waals surface area contributed by atoms with E-state index in [0.717, 1.165) is 31.2 Å². The van der Waals surface area contributed by atoms with E-state index in [1.54, 1.807) is 22.5 Å². The van der Waals surface area contributed by atoms with Crippen LogP contribution < -0.4 is 5.73 Å². The third-order valence-electron chi connectivity index (χ3n) is 3.74. The Labute approximate surface area is 115 Å². The molecule has 1 atom stereocenters. The summed E-state index contributed by atoms with van der Waals surface area (Å²) in [4.78, 5) is 0.242. The van der Waals surface area contributed by atoms with Crippen molar-refractivity contribution in [1.82, 2.24) is 4.31 Å². The molecule has 1 aliphatic heterocycles. The highest BCUT2D eigenvalue weighted by atomic mass is 32.2. The zero-order chi connectivity index (χ0) is 14.0. The monoisotopic (exact) mass is 282 g/mol. The summed E-state index contributed by atoms with van der Waals surface area (Å²) >= 11 is 0. The molecule has 1 aromatic rings. The quantitative estimate of drug-likeness (QED) is 0.848. The molecule has 0 aromatic heterocycles. The van der Waals surface area contributed by atoms with Crippen LogP contribution in [0.4, 0.5) is 5.69 Å². The Bertz CT molecular complexity index is 555. The van der Waals surface area contributed by atoms with Crippen molar-refractivity contribution in [3.8, 4) is 0 Å². The summed E-state index contributed by atoms with van der Waals surface area (Å²) < 4.78 is 27.1. The lowest BCUT2D eigenvalue weighted by Gasteiger charge is -2.26. The van der Waals surface area contributed by atoms with Crippen LogP contribution >= 0.6 is 0 Å². The van der Waals surface area contributed by atoms with Gasteiger partial charge in [-0.2, -0.15) is 4.31 Å². The molecular formula is C14H22N2O2S. The molecule has 0 saturated carbocycles. The summed E-state index contributed by atoms with van der Waals surface area (Å²) in [5.41, 5.74) is 7.21. The molecule has 1 unspecified atom stereocenters. The summed E-state index contributed by atoms with van der Waals surface area (Å²) in [6.07, 6.45) is 4.04. The van der Waals surface area contributed by atoms with Gasteiger partial charge in [-0.1, -0.05) is 18.9 Å². The van der Waals surface area contributed by atoms with Gasteiger partial charge in [0.15, 0.2) is 0 Å². The molecule has 19 heavy (non-hydrogen) atoms. The van der Waals surface area contributed by atoms with Crippen LogP contribution in [-0.4, -0.2) is 25.3 Å². The van der Waals surface area contributed by atoms with Crippen molar-refractivity contribution >= 4 is 15.7 Å². The van der Waals surface area contributed by atoms with Gasteiger partial charge in [-0.3, -0.25) is 0 Å². The van der Waals surface area contributed by atoms with Crippen molar-refractivity contribution in [3.05, 3.63) is 23.8 Å². The maximum atomic E-state index is 12.7. The summed E-state index contributed by atoms with van der Waals surface area (Å²) in [6.45, 7) is 4.48. The first kappa shape index (κ1) is 14.3. The minimum Gasteiger partial charge on any atom is -0.398 e. The zero-order valence-electron chi connectivity index (χ0n) is 11.6. The Balaban J connectivity index is 2.40. The van der Waals surface area contributed by atoms with Crippen LogP contribution in [-0.2, 0) is 10.0 Å². The highest BCUT2D eigenvalue weighted by molar-refractivity contribution is 7.89.